The fourth-order valence-electron chi connectivity index (χ4n) is 1.50. The van der Waals surface area contributed by atoms with Crippen LogP contribution in [0.1, 0.15) is 16.1 Å². The number of aromatic nitrogens is 1. The molecule has 0 radical (unpaired) electrons. The first-order valence-corrected chi connectivity index (χ1v) is 6.27. The average molecular weight is 345 g/mol. The number of hydrogen-bond acceptors (Lipinski definition) is 2. The van der Waals surface area contributed by atoms with Crippen molar-refractivity contribution in [2.24, 2.45) is 0 Å². The molecule has 0 saturated carbocycles. The minimum Gasteiger partial charge on any atom is -0.306 e. The maximum Gasteiger partial charge on any atom is 0.259 e. The van der Waals surface area contributed by atoms with Crippen molar-refractivity contribution in [1.29, 1.82) is 0 Å². The summed E-state index contributed by atoms with van der Waals surface area (Å²) in [6.07, 6.45) is 0. The van der Waals surface area contributed by atoms with E-state index in [9.17, 15) is 18.0 Å². The van der Waals surface area contributed by atoms with Gasteiger partial charge in [0.05, 0.1) is 11.3 Å². The van der Waals surface area contributed by atoms with Crippen LogP contribution in [0.4, 0.5) is 19.0 Å². The lowest BCUT2D eigenvalue weighted by molar-refractivity contribution is 0.102. The van der Waals surface area contributed by atoms with Crippen LogP contribution in [-0.2, 0) is 0 Å². The molecule has 1 amide bonds. The van der Waals surface area contributed by atoms with Gasteiger partial charge in [0.1, 0.15) is 5.82 Å². The molecule has 1 heterocycles. The molecular formula is C13H8BrF3N2O. The largest absolute Gasteiger partial charge is 0.306 e. The molecule has 0 atom stereocenters. The Labute approximate surface area is 121 Å². The lowest BCUT2D eigenvalue weighted by atomic mass is 10.2. The lowest BCUT2D eigenvalue weighted by Gasteiger charge is -2.07. The molecule has 0 unspecified atom stereocenters. The molecule has 20 heavy (non-hydrogen) atoms. The molecule has 0 aliphatic carbocycles. The van der Waals surface area contributed by atoms with E-state index in [4.69, 9.17) is 0 Å². The van der Waals surface area contributed by atoms with Gasteiger partial charge < -0.3 is 5.32 Å². The number of benzene rings is 1. The average Bonchev–Trinajstić information content (AvgIpc) is 2.40. The zero-order valence-corrected chi connectivity index (χ0v) is 11.8. The van der Waals surface area contributed by atoms with E-state index in [1.54, 1.807) is 13.0 Å². The Balaban J connectivity index is 2.28. The first kappa shape index (κ1) is 14.5. The fraction of sp³-hybridized carbons (Fsp3) is 0.0769. The second kappa shape index (κ2) is 5.62. The minimum atomic E-state index is -1.68. The Hall–Kier alpha value is -1.89. The van der Waals surface area contributed by atoms with Crippen molar-refractivity contribution < 1.29 is 18.0 Å². The van der Waals surface area contributed by atoms with Gasteiger partial charge in [-0.3, -0.25) is 4.79 Å². The Morgan fingerprint density at radius 1 is 1.15 bits per heavy atom. The number of anilines is 1. The number of aryl methyl sites for hydroxylation is 1. The van der Waals surface area contributed by atoms with E-state index in [2.05, 4.69) is 26.2 Å². The summed E-state index contributed by atoms with van der Waals surface area (Å²) < 4.78 is 40.0. The van der Waals surface area contributed by atoms with Gasteiger partial charge in [-0.25, -0.2) is 18.2 Å². The Bertz CT molecular complexity index is 692. The van der Waals surface area contributed by atoms with Crippen molar-refractivity contribution in [1.82, 2.24) is 4.98 Å². The molecule has 2 rings (SSSR count). The van der Waals surface area contributed by atoms with Crippen molar-refractivity contribution in [2.45, 2.75) is 6.92 Å². The van der Waals surface area contributed by atoms with Crippen LogP contribution in [0.15, 0.2) is 28.7 Å². The summed E-state index contributed by atoms with van der Waals surface area (Å²) in [6.45, 7) is 1.71. The topological polar surface area (TPSA) is 42.0 Å². The summed E-state index contributed by atoms with van der Waals surface area (Å²) in [4.78, 5) is 15.8. The van der Waals surface area contributed by atoms with E-state index >= 15 is 0 Å². The third-order valence-electron chi connectivity index (χ3n) is 2.54. The second-order valence-electron chi connectivity index (χ2n) is 3.94. The highest BCUT2D eigenvalue weighted by atomic mass is 79.9. The second-order valence-corrected chi connectivity index (χ2v) is 4.80. The number of hydrogen-bond donors (Lipinski definition) is 1. The zero-order chi connectivity index (χ0) is 14.9. The van der Waals surface area contributed by atoms with E-state index < -0.39 is 28.9 Å². The number of rotatable bonds is 2. The summed E-state index contributed by atoms with van der Waals surface area (Å²) in [5, 5.41) is 2.31. The van der Waals surface area contributed by atoms with Crippen LogP contribution in [0.2, 0.25) is 0 Å². The van der Waals surface area contributed by atoms with Crippen molar-refractivity contribution in [3.05, 3.63) is 57.4 Å². The number of nitrogens with zero attached hydrogens (tertiary/aromatic N) is 1. The smallest absolute Gasteiger partial charge is 0.259 e. The van der Waals surface area contributed by atoms with Crippen molar-refractivity contribution in [3.63, 3.8) is 0 Å². The predicted molar refractivity (Wildman–Crippen MR) is 70.9 cm³/mol. The van der Waals surface area contributed by atoms with Gasteiger partial charge in [-0.1, -0.05) is 0 Å². The molecule has 0 aliphatic rings. The maximum atomic E-state index is 13.5. The van der Waals surface area contributed by atoms with Gasteiger partial charge in [0.15, 0.2) is 17.5 Å². The Morgan fingerprint density at radius 3 is 2.50 bits per heavy atom. The van der Waals surface area contributed by atoms with Crippen LogP contribution < -0.4 is 5.32 Å². The van der Waals surface area contributed by atoms with Crippen LogP contribution >= 0.6 is 15.9 Å². The van der Waals surface area contributed by atoms with E-state index in [-0.39, 0.29) is 5.82 Å². The fourth-order valence-corrected chi connectivity index (χ4v) is 1.72. The number of carbonyl (C=O) groups is 1. The van der Waals surface area contributed by atoms with E-state index in [1.807, 2.05) is 0 Å². The minimum absolute atomic E-state index is 0.180. The molecule has 1 aromatic heterocycles. The molecule has 0 fully saturated rings. The summed E-state index contributed by atoms with van der Waals surface area (Å²) in [5.41, 5.74) is 0.0276. The molecular weight excluding hydrogens is 337 g/mol. The standard InChI is InChI=1S/C13H8BrF3N2O/c1-6-8(14)3-5-10(18-6)19-13(20)7-2-4-9(15)12(17)11(7)16/h2-5H,1H3,(H,18,19,20). The quantitative estimate of drug-likeness (QED) is 0.841. The third-order valence-corrected chi connectivity index (χ3v) is 3.38. The number of nitrogens with one attached hydrogen (secondary N) is 1. The summed E-state index contributed by atoms with van der Waals surface area (Å²) in [6, 6.07) is 4.70. The Morgan fingerprint density at radius 2 is 1.85 bits per heavy atom. The SMILES string of the molecule is Cc1nc(NC(=O)c2ccc(F)c(F)c2F)ccc1Br. The first-order valence-electron chi connectivity index (χ1n) is 5.48. The van der Waals surface area contributed by atoms with E-state index in [0.717, 1.165) is 10.5 Å². The molecule has 0 bridgehead atoms. The monoisotopic (exact) mass is 344 g/mol. The zero-order valence-electron chi connectivity index (χ0n) is 10.2. The van der Waals surface area contributed by atoms with Crippen LogP contribution in [-0.4, -0.2) is 10.9 Å². The van der Waals surface area contributed by atoms with Gasteiger partial charge in [-0.2, -0.15) is 0 Å². The summed E-state index contributed by atoms with van der Waals surface area (Å²) >= 11 is 3.24. The van der Waals surface area contributed by atoms with Gasteiger partial charge in [-0.05, 0) is 47.1 Å². The van der Waals surface area contributed by atoms with Gasteiger partial charge in [-0.15, -0.1) is 0 Å². The third kappa shape index (κ3) is 2.82. The molecule has 0 aliphatic heterocycles. The van der Waals surface area contributed by atoms with Gasteiger partial charge >= 0.3 is 0 Å². The number of carbonyl (C=O) groups excluding carboxylic acids is 1. The predicted octanol–water partition coefficient (Wildman–Crippen LogP) is 3.82. The first-order chi connectivity index (χ1) is 9.40. The highest BCUT2D eigenvalue weighted by Crippen LogP contribution is 2.19. The number of amides is 1. The molecule has 0 saturated heterocycles. The van der Waals surface area contributed by atoms with Gasteiger partial charge in [0, 0.05) is 4.47 Å². The van der Waals surface area contributed by atoms with Crippen LogP contribution in [0, 0.1) is 24.4 Å². The number of pyridine rings is 1. The number of halogens is 4. The van der Waals surface area contributed by atoms with Crippen molar-refractivity contribution in [2.75, 3.05) is 5.32 Å². The van der Waals surface area contributed by atoms with Crippen LogP contribution in [0.25, 0.3) is 0 Å². The molecule has 1 N–H and O–H groups in total. The van der Waals surface area contributed by atoms with Crippen LogP contribution in [0.3, 0.4) is 0 Å². The summed E-state index contributed by atoms with van der Waals surface area (Å²) in [5.74, 6) is -5.29. The van der Waals surface area contributed by atoms with E-state index in [1.165, 1.54) is 6.07 Å². The van der Waals surface area contributed by atoms with Crippen molar-refractivity contribution >= 4 is 27.7 Å². The van der Waals surface area contributed by atoms with Crippen molar-refractivity contribution in [3.8, 4) is 0 Å². The van der Waals surface area contributed by atoms with E-state index in [0.29, 0.717) is 11.8 Å². The molecule has 7 heteroatoms. The maximum absolute atomic E-state index is 13.5. The molecule has 2 aromatic rings. The highest BCUT2D eigenvalue weighted by Gasteiger charge is 2.19. The van der Waals surface area contributed by atoms with Gasteiger partial charge in [0.2, 0.25) is 0 Å². The molecule has 0 spiro atoms. The normalized spacial score (nSPS) is 10.4. The molecule has 3 nitrogen and oxygen atoms in total. The van der Waals surface area contributed by atoms with Gasteiger partial charge in [0.25, 0.3) is 5.91 Å². The molecule has 104 valence electrons. The van der Waals surface area contributed by atoms with Crippen LogP contribution in [0.5, 0.6) is 0 Å². The highest BCUT2D eigenvalue weighted by molar-refractivity contribution is 9.10. The molecule has 1 aromatic carbocycles. The lowest BCUT2D eigenvalue weighted by Crippen LogP contribution is -2.16. The Kier molecular flexibility index (Phi) is 4.08. The summed E-state index contributed by atoms with van der Waals surface area (Å²) in [7, 11) is 0.